The number of nitrogen functional groups attached to an aromatic ring is 1. The molecule has 1 aromatic rings. The number of anilines is 1. The van der Waals surface area contributed by atoms with Crippen LogP contribution in [0.25, 0.3) is 0 Å². The van der Waals surface area contributed by atoms with Crippen LogP contribution >= 0.6 is 0 Å². The Morgan fingerprint density at radius 1 is 1.47 bits per heavy atom. The van der Waals surface area contributed by atoms with E-state index in [1.165, 1.54) is 0 Å². The largest absolute Gasteiger partial charge is 0.491 e. The summed E-state index contributed by atoms with van der Waals surface area (Å²) >= 11 is 0. The van der Waals surface area contributed by atoms with E-state index in [2.05, 4.69) is 4.90 Å². The number of likely N-dealkylation sites (tertiary alicyclic amines) is 1. The van der Waals surface area contributed by atoms with Crippen molar-refractivity contribution < 1.29 is 9.84 Å². The molecular formula is C15H24N2O2. The number of hydrogen-bond donors (Lipinski definition) is 2. The molecule has 0 bridgehead atoms. The van der Waals surface area contributed by atoms with Gasteiger partial charge in [0.25, 0.3) is 0 Å². The monoisotopic (exact) mass is 264 g/mol. The van der Waals surface area contributed by atoms with Gasteiger partial charge in [-0.05, 0) is 44.4 Å². The Kier molecular flexibility index (Phi) is 5.05. The number of aliphatic hydroxyl groups is 1. The van der Waals surface area contributed by atoms with Crippen LogP contribution in [0.15, 0.2) is 24.3 Å². The molecule has 1 aliphatic rings. The first kappa shape index (κ1) is 14.2. The molecule has 106 valence electrons. The average molecular weight is 264 g/mol. The molecule has 1 aromatic carbocycles. The lowest BCUT2D eigenvalue weighted by Gasteiger charge is -2.17. The van der Waals surface area contributed by atoms with E-state index in [1.807, 2.05) is 31.2 Å². The fourth-order valence-corrected chi connectivity index (χ4v) is 2.54. The number of rotatable bonds is 6. The van der Waals surface area contributed by atoms with E-state index in [0.29, 0.717) is 18.2 Å². The number of para-hydroxylation sites is 2. The molecule has 19 heavy (non-hydrogen) atoms. The van der Waals surface area contributed by atoms with E-state index >= 15 is 0 Å². The Hall–Kier alpha value is -1.26. The molecule has 0 aliphatic carbocycles. The number of hydrogen-bond acceptors (Lipinski definition) is 4. The third kappa shape index (κ3) is 4.11. The topological polar surface area (TPSA) is 58.7 Å². The summed E-state index contributed by atoms with van der Waals surface area (Å²) in [5.41, 5.74) is 6.51. The molecule has 2 atom stereocenters. The number of nitrogens with two attached hydrogens (primary N) is 1. The molecule has 0 saturated carbocycles. The van der Waals surface area contributed by atoms with Gasteiger partial charge in [-0.1, -0.05) is 12.1 Å². The van der Waals surface area contributed by atoms with Gasteiger partial charge in [0, 0.05) is 13.1 Å². The molecule has 0 amide bonds. The van der Waals surface area contributed by atoms with Crippen molar-refractivity contribution in [3.05, 3.63) is 24.3 Å². The Morgan fingerprint density at radius 3 is 2.95 bits per heavy atom. The highest BCUT2D eigenvalue weighted by Gasteiger charge is 2.25. The molecule has 2 unspecified atom stereocenters. The minimum absolute atomic E-state index is 0.189. The molecular weight excluding hydrogens is 240 g/mol. The maximum atomic E-state index is 9.56. The first-order valence-electron chi connectivity index (χ1n) is 7.04. The maximum Gasteiger partial charge on any atom is 0.142 e. The predicted octanol–water partition coefficient (Wildman–Crippen LogP) is 1.74. The highest BCUT2D eigenvalue weighted by atomic mass is 16.5. The number of nitrogens with zero attached hydrogens (tertiary/aromatic N) is 1. The van der Waals surface area contributed by atoms with Crippen LogP contribution in [0.1, 0.15) is 19.8 Å². The van der Waals surface area contributed by atoms with Crippen molar-refractivity contribution in [3.63, 3.8) is 0 Å². The van der Waals surface area contributed by atoms with Gasteiger partial charge in [-0.15, -0.1) is 0 Å². The van der Waals surface area contributed by atoms with E-state index in [0.717, 1.165) is 38.2 Å². The highest BCUT2D eigenvalue weighted by Crippen LogP contribution is 2.21. The minimum Gasteiger partial charge on any atom is -0.491 e. The van der Waals surface area contributed by atoms with Crippen LogP contribution in [0.3, 0.4) is 0 Å². The third-order valence-corrected chi connectivity index (χ3v) is 3.79. The molecule has 3 N–H and O–H groups in total. The van der Waals surface area contributed by atoms with Crippen molar-refractivity contribution >= 4 is 5.69 Å². The van der Waals surface area contributed by atoms with Gasteiger partial charge in [0.2, 0.25) is 0 Å². The first-order valence-corrected chi connectivity index (χ1v) is 7.04. The van der Waals surface area contributed by atoms with Gasteiger partial charge in [-0.2, -0.15) is 0 Å². The summed E-state index contributed by atoms with van der Waals surface area (Å²) in [5, 5.41) is 9.56. The van der Waals surface area contributed by atoms with Gasteiger partial charge in [0.15, 0.2) is 0 Å². The minimum atomic E-state index is -0.189. The molecule has 1 fully saturated rings. The zero-order valence-electron chi connectivity index (χ0n) is 11.6. The fraction of sp³-hybridized carbons (Fsp3) is 0.600. The standard InChI is InChI=1S/C15H24N2O2/c1-12(18)13-7-9-17(11-13)8-4-10-19-15-6-3-2-5-14(15)16/h2-3,5-6,12-13,18H,4,7-11,16H2,1H3. The smallest absolute Gasteiger partial charge is 0.142 e. The van der Waals surface area contributed by atoms with Crippen molar-refractivity contribution in [2.45, 2.75) is 25.9 Å². The third-order valence-electron chi connectivity index (χ3n) is 3.79. The van der Waals surface area contributed by atoms with Gasteiger partial charge >= 0.3 is 0 Å². The Bertz CT molecular complexity index is 395. The zero-order valence-corrected chi connectivity index (χ0v) is 11.6. The lowest BCUT2D eigenvalue weighted by atomic mass is 10.0. The molecule has 1 aliphatic heterocycles. The second-order valence-electron chi connectivity index (χ2n) is 5.33. The van der Waals surface area contributed by atoms with Crippen molar-refractivity contribution in [1.82, 2.24) is 4.90 Å². The number of aliphatic hydroxyl groups excluding tert-OH is 1. The molecule has 0 spiro atoms. The van der Waals surface area contributed by atoms with Gasteiger partial charge in [-0.3, -0.25) is 0 Å². The van der Waals surface area contributed by atoms with Crippen LogP contribution < -0.4 is 10.5 Å². The molecule has 0 radical (unpaired) electrons. The lowest BCUT2D eigenvalue weighted by Crippen LogP contribution is -2.26. The molecule has 2 rings (SSSR count). The Balaban J connectivity index is 1.64. The van der Waals surface area contributed by atoms with Crippen LogP contribution in [-0.4, -0.2) is 42.4 Å². The van der Waals surface area contributed by atoms with Gasteiger partial charge in [0.05, 0.1) is 18.4 Å². The van der Waals surface area contributed by atoms with Crippen LogP contribution in [0, 0.1) is 5.92 Å². The SMILES string of the molecule is CC(O)C1CCN(CCCOc2ccccc2N)C1. The number of benzene rings is 1. The van der Waals surface area contributed by atoms with Gasteiger partial charge in [0.1, 0.15) is 5.75 Å². The molecule has 4 heteroatoms. The summed E-state index contributed by atoms with van der Waals surface area (Å²) in [4.78, 5) is 2.40. The van der Waals surface area contributed by atoms with E-state index in [1.54, 1.807) is 0 Å². The normalized spacial score (nSPS) is 21.5. The lowest BCUT2D eigenvalue weighted by molar-refractivity contribution is 0.127. The summed E-state index contributed by atoms with van der Waals surface area (Å²) in [6.07, 6.45) is 1.90. The van der Waals surface area contributed by atoms with Crippen molar-refractivity contribution in [3.8, 4) is 5.75 Å². The molecule has 4 nitrogen and oxygen atoms in total. The Morgan fingerprint density at radius 2 is 2.26 bits per heavy atom. The summed E-state index contributed by atoms with van der Waals surface area (Å²) in [5.74, 6) is 1.21. The van der Waals surface area contributed by atoms with Gasteiger partial charge in [-0.25, -0.2) is 0 Å². The summed E-state index contributed by atoms with van der Waals surface area (Å²) < 4.78 is 5.67. The number of ether oxygens (including phenoxy) is 1. The molecule has 1 heterocycles. The molecule has 1 saturated heterocycles. The van der Waals surface area contributed by atoms with Crippen LogP contribution in [0.2, 0.25) is 0 Å². The van der Waals surface area contributed by atoms with Crippen LogP contribution in [-0.2, 0) is 0 Å². The van der Waals surface area contributed by atoms with Gasteiger partial charge < -0.3 is 20.5 Å². The fourth-order valence-electron chi connectivity index (χ4n) is 2.54. The Labute approximate surface area is 115 Å². The first-order chi connectivity index (χ1) is 9.16. The zero-order chi connectivity index (χ0) is 13.7. The van der Waals surface area contributed by atoms with Crippen molar-refractivity contribution in [2.24, 2.45) is 5.92 Å². The van der Waals surface area contributed by atoms with E-state index in [-0.39, 0.29) is 6.10 Å². The van der Waals surface area contributed by atoms with Crippen LogP contribution in [0.4, 0.5) is 5.69 Å². The second kappa shape index (κ2) is 6.78. The van der Waals surface area contributed by atoms with E-state index in [4.69, 9.17) is 10.5 Å². The van der Waals surface area contributed by atoms with E-state index in [9.17, 15) is 5.11 Å². The molecule has 0 aromatic heterocycles. The van der Waals surface area contributed by atoms with Crippen LogP contribution in [0.5, 0.6) is 5.75 Å². The average Bonchev–Trinajstić information content (AvgIpc) is 2.85. The quantitative estimate of drug-likeness (QED) is 0.607. The summed E-state index contributed by atoms with van der Waals surface area (Å²) in [6, 6.07) is 7.58. The maximum absolute atomic E-state index is 9.56. The van der Waals surface area contributed by atoms with Crippen molar-refractivity contribution in [1.29, 1.82) is 0 Å². The van der Waals surface area contributed by atoms with E-state index < -0.39 is 0 Å². The predicted molar refractivity (Wildman–Crippen MR) is 77.2 cm³/mol. The van der Waals surface area contributed by atoms with Crippen molar-refractivity contribution in [2.75, 3.05) is 32.0 Å². The summed E-state index contributed by atoms with van der Waals surface area (Å²) in [7, 11) is 0. The second-order valence-corrected chi connectivity index (χ2v) is 5.33. The highest BCUT2D eigenvalue weighted by molar-refractivity contribution is 5.51. The summed E-state index contributed by atoms with van der Waals surface area (Å²) in [6.45, 7) is 5.68.